The number of nitrogens with one attached hydrogen (secondary N) is 2. The highest BCUT2D eigenvalue weighted by atomic mass is 16.1. The molecule has 1 aliphatic heterocycles. The first-order valence-electron chi connectivity index (χ1n) is 8.80. The lowest BCUT2D eigenvalue weighted by molar-refractivity contribution is -0.115. The van der Waals surface area contributed by atoms with Gasteiger partial charge >= 0.3 is 0 Å². The minimum absolute atomic E-state index is 0.0338. The van der Waals surface area contributed by atoms with Crippen molar-refractivity contribution in [2.75, 3.05) is 10.6 Å². The third kappa shape index (κ3) is 3.72. The predicted molar refractivity (Wildman–Crippen MR) is 106 cm³/mol. The Balaban J connectivity index is 1.49. The molecule has 0 radical (unpaired) electrons. The van der Waals surface area contributed by atoms with Crippen LogP contribution in [0.3, 0.4) is 0 Å². The number of rotatable bonds is 5. The number of ketones is 1. The van der Waals surface area contributed by atoms with Gasteiger partial charge in [0.05, 0.1) is 12.1 Å². The summed E-state index contributed by atoms with van der Waals surface area (Å²) >= 11 is 0. The minimum Gasteiger partial charge on any atom is -0.380 e. The molecule has 0 saturated heterocycles. The number of fused-ring (bicyclic) bond motifs is 1. The van der Waals surface area contributed by atoms with Crippen molar-refractivity contribution in [2.45, 2.75) is 19.9 Å². The molecule has 0 aliphatic carbocycles. The normalized spacial score (nSPS) is 12.4. The summed E-state index contributed by atoms with van der Waals surface area (Å²) in [5.74, 6) is 0.101. The third-order valence-corrected chi connectivity index (χ3v) is 4.66. The van der Waals surface area contributed by atoms with Crippen molar-refractivity contribution in [3.05, 3.63) is 77.6 Å². The molecule has 1 aliphatic rings. The Morgan fingerprint density at radius 2 is 1.89 bits per heavy atom. The predicted octanol–water partition coefficient (Wildman–Crippen LogP) is 4.06. The van der Waals surface area contributed by atoms with Crippen LogP contribution in [-0.2, 0) is 17.8 Å². The highest BCUT2D eigenvalue weighted by molar-refractivity contribution is 5.99. The number of nitrogens with zero attached hydrogens (tertiary/aromatic N) is 1. The number of hydrogen-bond acceptors (Lipinski definition) is 4. The van der Waals surface area contributed by atoms with Gasteiger partial charge in [0.2, 0.25) is 5.91 Å². The lowest BCUT2D eigenvalue weighted by Crippen LogP contribution is -2.03. The molecule has 134 valence electrons. The highest BCUT2D eigenvalue weighted by Crippen LogP contribution is 2.29. The zero-order valence-electron chi connectivity index (χ0n) is 15.0. The zero-order chi connectivity index (χ0) is 18.8. The summed E-state index contributed by atoms with van der Waals surface area (Å²) in [5.41, 5.74) is 6.65. The number of carbonyl (C=O) groups excluding carboxylic acids is 2. The maximum absolute atomic E-state index is 11.5. The fourth-order valence-corrected chi connectivity index (χ4v) is 3.16. The molecule has 2 heterocycles. The van der Waals surface area contributed by atoms with Crippen molar-refractivity contribution in [3.8, 4) is 11.1 Å². The second kappa shape index (κ2) is 7.03. The Bertz CT molecular complexity index is 1030. The van der Waals surface area contributed by atoms with Gasteiger partial charge in [-0.15, -0.1) is 0 Å². The van der Waals surface area contributed by atoms with Crippen molar-refractivity contribution in [3.63, 3.8) is 0 Å². The molecule has 5 heteroatoms. The van der Waals surface area contributed by atoms with Crippen molar-refractivity contribution in [1.82, 2.24) is 4.98 Å². The monoisotopic (exact) mass is 357 g/mol. The van der Waals surface area contributed by atoms with Gasteiger partial charge in [-0.1, -0.05) is 30.3 Å². The van der Waals surface area contributed by atoms with Crippen LogP contribution in [0.15, 0.2) is 60.9 Å². The summed E-state index contributed by atoms with van der Waals surface area (Å²) in [6.07, 6.45) is 4.02. The molecule has 0 spiro atoms. The molecule has 0 saturated carbocycles. The molecule has 0 fully saturated rings. The number of amides is 1. The van der Waals surface area contributed by atoms with E-state index in [2.05, 4.69) is 15.6 Å². The number of aromatic nitrogens is 1. The number of pyridine rings is 1. The number of Topliss-reactive ketones (excluding diaryl/α,β-unsaturated/α-hetero) is 1. The first-order valence-corrected chi connectivity index (χ1v) is 8.80. The Morgan fingerprint density at radius 1 is 1.07 bits per heavy atom. The van der Waals surface area contributed by atoms with Crippen LogP contribution in [0.4, 0.5) is 11.4 Å². The molecular weight excluding hydrogens is 338 g/mol. The van der Waals surface area contributed by atoms with Crippen LogP contribution in [0.1, 0.15) is 28.4 Å². The smallest absolute Gasteiger partial charge is 0.228 e. The average molecular weight is 357 g/mol. The molecule has 5 nitrogen and oxygen atoms in total. The summed E-state index contributed by atoms with van der Waals surface area (Å²) < 4.78 is 0. The van der Waals surface area contributed by atoms with E-state index < -0.39 is 0 Å². The maximum atomic E-state index is 11.5. The van der Waals surface area contributed by atoms with E-state index in [1.807, 2.05) is 54.7 Å². The van der Waals surface area contributed by atoms with E-state index in [0.29, 0.717) is 18.5 Å². The zero-order valence-corrected chi connectivity index (χ0v) is 15.0. The molecule has 3 aromatic rings. The number of carbonyl (C=O) groups is 2. The van der Waals surface area contributed by atoms with Crippen LogP contribution in [0.2, 0.25) is 0 Å². The van der Waals surface area contributed by atoms with Crippen LogP contribution in [0.25, 0.3) is 11.1 Å². The van der Waals surface area contributed by atoms with Crippen molar-refractivity contribution < 1.29 is 9.59 Å². The van der Waals surface area contributed by atoms with E-state index >= 15 is 0 Å². The van der Waals surface area contributed by atoms with E-state index in [1.54, 1.807) is 13.1 Å². The summed E-state index contributed by atoms with van der Waals surface area (Å²) in [6, 6.07) is 15.6. The van der Waals surface area contributed by atoms with E-state index in [4.69, 9.17) is 0 Å². The second-order valence-corrected chi connectivity index (χ2v) is 6.67. The van der Waals surface area contributed by atoms with E-state index in [0.717, 1.165) is 33.6 Å². The minimum atomic E-state index is 0.0338. The molecular formula is C22H19N3O2. The Kier molecular flexibility index (Phi) is 4.42. The van der Waals surface area contributed by atoms with Crippen LogP contribution in [0.5, 0.6) is 0 Å². The van der Waals surface area contributed by atoms with Gasteiger partial charge in [0.15, 0.2) is 5.78 Å². The van der Waals surface area contributed by atoms with Gasteiger partial charge in [-0.2, -0.15) is 0 Å². The van der Waals surface area contributed by atoms with E-state index in [9.17, 15) is 9.59 Å². The molecule has 4 rings (SSSR count). The molecule has 0 unspecified atom stereocenters. The van der Waals surface area contributed by atoms with Gasteiger partial charge in [0, 0.05) is 35.8 Å². The molecule has 2 aromatic carbocycles. The van der Waals surface area contributed by atoms with Crippen molar-refractivity contribution >= 4 is 23.1 Å². The average Bonchev–Trinajstić information content (AvgIpc) is 3.06. The van der Waals surface area contributed by atoms with Gasteiger partial charge in [-0.3, -0.25) is 14.6 Å². The molecule has 27 heavy (non-hydrogen) atoms. The molecule has 2 N–H and O–H groups in total. The molecule has 0 atom stereocenters. The number of anilines is 2. The Morgan fingerprint density at radius 3 is 2.67 bits per heavy atom. The van der Waals surface area contributed by atoms with E-state index in [1.165, 1.54) is 0 Å². The molecule has 1 aromatic heterocycles. The van der Waals surface area contributed by atoms with Gasteiger partial charge in [0.1, 0.15) is 0 Å². The first-order chi connectivity index (χ1) is 13.1. The first kappa shape index (κ1) is 17.0. The van der Waals surface area contributed by atoms with Gasteiger partial charge in [0.25, 0.3) is 0 Å². The summed E-state index contributed by atoms with van der Waals surface area (Å²) in [5, 5.41) is 6.21. The second-order valence-electron chi connectivity index (χ2n) is 6.67. The Hall–Kier alpha value is -3.47. The van der Waals surface area contributed by atoms with Crippen LogP contribution in [0, 0.1) is 0 Å². The highest BCUT2D eigenvalue weighted by Gasteiger charge is 2.17. The largest absolute Gasteiger partial charge is 0.380 e. The number of hydrogen-bond donors (Lipinski definition) is 2. The van der Waals surface area contributed by atoms with Crippen LogP contribution < -0.4 is 10.6 Å². The summed E-state index contributed by atoms with van der Waals surface area (Å²) in [4.78, 5) is 27.2. The maximum Gasteiger partial charge on any atom is 0.228 e. The third-order valence-electron chi connectivity index (χ3n) is 4.66. The SMILES string of the molecule is CC(=O)c1ccc(CNc2cncc(-c3ccc4c(c3)CC(=O)N4)c2)cc1. The number of benzene rings is 2. The lowest BCUT2D eigenvalue weighted by atomic mass is 10.0. The van der Waals surface area contributed by atoms with Gasteiger partial charge in [-0.05, 0) is 41.8 Å². The fraction of sp³-hybridized carbons (Fsp3) is 0.136. The summed E-state index contributed by atoms with van der Waals surface area (Å²) in [6.45, 7) is 2.21. The van der Waals surface area contributed by atoms with Gasteiger partial charge in [-0.25, -0.2) is 0 Å². The quantitative estimate of drug-likeness (QED) is 0.676. The fourth-order valence-electron chi connectivity index (χ4n) is 3.16. The van der Waals surface area contributed by atoms with Crippen molar-refractivity contribution in [2.24, 2.45) is 0 Å². The Labute approximate surface area is 157 Å². The molecule has 0 bridgehead atoms. The van der Waals surface area contributed by atoms with E-state index in [-0.39, 0.29) is 11.7 Å². The van der Waals surface area contributed by atoms with Crippen molar-refractivity contribution in [1.29, 1.82) is 0 Å². The standard InChI is InChI=1S/C22H19N3O2/c1-14(26)16-4-2-15(3-5-16)11-24-20-9-19(12-23-13-20)17-6-7-21-18(8-17)10-22(27)25-21/h2-9,12-13,24H,10-11H2,1H3,(H,25,27). The van der Waals surface area contributed by atoms with Gasteiger partial charge < -0.3 is 10.6 Å². The topological polar surface area (TPSA) is 71.1 Å². The molecule has 1 amide bonds. The summed E-state index contributed by atoms with van der Waals surface area (Å²) in [7, 11) is 0. The lowest BCUT2D eigenvalue weighted by Gasteiger charge is -2.09. The van der Waals surface area contributed by atoms with Crippen LogP contribution >= 0.6 is 0 Å². The van der Waals surface area contributed by atoms with Crippen LogP contribution in [-0.4, -0.2) is 16.7 Å².